The molecule has 0 fully saturated rings. The third kappa shape index (κ3) is 7.17. The monoisotopic (exact) mass is 316 g/mol. The molecule has 0 bridgehead atoms. The van der Waals surface area contributed by atoms with Crippen molar-refractivity contribution in [1.29, 1.82) is 0 Å². The molecule has 0 saturated heterocycles. The Labute approximate surface area is 129 Å². The summed E-state index contributed by atoms with van der Waals surface area (Å²) in [7, 11) is 0. The zero-order valence-corrected chi connectivity index (χ0v) is 13.1. The average molecular weight is 317 g/mol. The summed E-state index contributed by atoms with van der Waals surface area (Å²) in [6.45, 7) is 0.645. The van der Waals surface area contributed by atoms with E-state index >= 15 is 0 Å². The highest BCUT2D eigenvalue weighted by Gasteiger charge is 2.02. The van der Waals surface area contributed by atoms with Crippen molar-refractivity contribution in [1.82, 2.24) is 0 Å². The van der Waals surface area contributed by atoms with Crippen LogP contribution in [0, 0.1) is 0 Å². The van der Waals surface area contributed by atoms with Gasteiger partial charge >= 0.3 is 0 Å². The lowest BCUT2D eigenvalue weighted by molar-refractivity contribution is 0.112. The minimum Gasteiger partial charge on any atom is -0.492 e. The standard InChI is InChI=1S/C15H21ClO3S/c16-14-11-13(12-17)7-8-15(14)19-9-5-3-1-2-4-6-10-20-18/h7-8,11-12,18H,1-6,9-10H2. The van der Waals surface area contributed by atoms with Crippen LogP contribution in [0.3, 0.4) is 0 Å². The Morgan fingerprint density at radius 3 is 2.50 bits per heavy atom. The Bertz CT molecular complexity index is 399. The third-order valence-electron chi connectivity index (χ3n) is 2.98. The zero-order valence-electron chi connectivity index (χ0n) is 11.5. The maximum atomic E-state index is 10.6. The lowest BCUT2D eigenvalue weighted by Crippen LogP contribution is -1.98. The molecule has 0 aliphatic carbocycles. The Hall–Kier alpha value is -0.710. The van der Waals surface area contributed by atoms with E-state index in [4.69, 9.17) is 20.9 Å². The van der Waals surface area contributed by atoms with Gasteiger partial charge in [0.25, 0.3) is 0 Å². The predicted octanol–water partition coefficient (Wildman–Crippen LogP) is 5.08. The lowest BCUT2D eigenvalue weighted by Gasteiger charge is -2.08. The third-order valence-corrected chi connectivity index (χ3v) is 3.75. The first-order valence-electron chi connectivity index (χ1n) is 6.92. The van der Waals surface area contributed by atoms with Crippen molar-refractivity contribution >= 4 is 29.9 Å². The average Bonchev–Trinajstić information content (AvgIpc) is 2.47. The molecule has 0 aliphatic rings. The van der Waals surface area contributed by atoms with E-state index in [9.17, 15) is 4.79 Å². The molecule has 112 valence electrons. The second kappa shape index (κ2) is 11.0. The fraction of sp³-hybridized carbons (Fsp3) is 0.533. The van der Waals surface area contributed by atoms with E-state index in [1.54, 1.807) is 18.2 Å². The molecule has 1 aromatic carbocycles. The second-order valence-electron chi connectivity index (χ2n) is 4.61. The molecule has 5 heteroatoms. The van der Waals surface area contributed by atoms with Gasteiger partial charge in [-0.3, -0.25) is 4.79 Å². The molecule has 1 N–H and O–H groups in total. The minimum absolute atomic E-state index is 0.483. The van der Waals surface area contributed by atoms with Crippen LogP contribution in [0.2, 0.25) is 5.02 Å². The number of halogens is 1. The van der Waals surface area contributed by atoms with Gasteiger partial charge in [-0.15, -0.1) is 0 Å². The van der Waals surface area contributed by atoms with Gasteiger partial charge in [0.2, 0.25) is 0 Å². The van der Waals surface area contributed by atoms with E-state index in [0.717, 1.165) is 43.3 Å². The number of carbonyl (C=O) groups is 1. The van der Waals surface area contributed by atoms with E-state index in [1.807, 2.05) is 0 Å². The van der Waals surface area contributed by atoms with Gasteiger partial charge in [-0.1, -0.05) is 37.3 Å². The number of aldehydes is 1. The van der Waals surface area contributed by atoms with Crippen molar-refractivity contribution in [3.8, 4) is 5.75 Å². The molecule has 0 radical (unpaired) electrons. The zero-order chi connectivity index (χ0) is 14.6. The molecule has 20 heavy (non-hydrogen) atoms. The molecule has 3 nitrogen and oxygen atoms in total. The van der Waals surface area contributed by atoms with Crippen LogP contribution in [0.15, 0.2) is 18.2 Å². The molecule has 0 amide bonds. The summed E-state index contributed by atoms with van der Waals surface area (Å²) in [5.41, 5.74) is 0.559. The van der Waals surface area contributed by atoms with Crippen LogP contribution in [0.5, 0.6) is 5.75 Å². The van der Waals surface area contributed by atoms with Crippen LogP contribution in [0.1, 0.15) is 48.9 Å². The van der Waals surface area contributed by atoms with Crippen molar-refractivity contribution in [3.63, 3.8) is 0 Å². The molecule has 0 saturated carbocycles. The molecular weight excluding hydrogens is 296 g/mol. The first kappa shape index (κ1) is 17.3. The fourth-order valence-electron chi connectivity index (χ4n) is 1.87. The molecular formula is C15H21ClO3S. The smallest absolute Gasteiger partial charge is 0.150 e. The summed E-state index contributed by atoms with van der Waals surface area (Å²) in [5, 5.41) is 0.483. The molecule has 0 atom stereocenters. The summed E-state index contributed by atoms with van der Waals surface area (Å²) in [4.78, 5) is 10.6. The van der Waals surface area contributed by atoms with E-state index in [-0.39, 0.29) is 0 Å². The number of carbonyl (C=O) groups excluding carboxylic acids is 1. The van der Waals surface area contributed by atoms with Gasteiger partial charge in [-0.2, -0.15) is 0 Å². The molecule has 0 aliphatic heterocycles. The topological polar surface area (TPSA) is 46.5 Å². The second-order valence-corrected chi connectivity index (χ2v) is 5.68. The van der Waals surface area contributed by atoms with Gasteiger partial charge in [-0.05, 0) is 43.1 Å². The van der Waals surface area contributed by atoms with Crippen molar-refractivity contribution in [2.75, 3.05) is 12.4 Å². The van der Waals surface area contributed by atoms with Gasteiger partial charge in [0.15, 0.2) is 0 Å². The van der Waals surface area contributed by atoms with Crippen molar-refractivity contribution in [2.45, 2.75) is 38.5 Å². The van der Waals surface area contributed by atoms with Crippen molar-refractivity contribution in [2.24, 2.45) is 0 Å². The molecule has 1 rings (SSSR count). The highest BCUT2D eigenvalue weighted by Crippen LogP contribution is 2.25. The van der Waals surface area contributed by atoms with Crippen LogP contribution in [-0.4, -0.2) is 23.2 Å². The van der Waals surface area contributed by atoms with Crippen LogP contribution in [0.4, 0.5) is 0 Å². The number of hydrogen-bond donors (Lipinski definition) is 1. The fourth-order valence-corrected chi connectivity index (χ4v) is 2.44. The van der Waals surface area contributed by atoms with Crippen molar-refractivity contribution in [3.05, 3.63) is 28.8 Å². The van der Waals surface area contributed by atoms with Crippen LogP contribution >= 0.6 is 23.6 Å². The van der Waals surface area contributed by atoms with Gasteiger partial charge in [0.05, 0.1) is 11.6 Å². The van der Waals surface area contributed by atoms with E-state index in [0.29, 0.717) is 22.9 Å². The van der Waals surface area contributed by atoms with Gasteiger partial charge in [-0.25, -0.2) is 0 Å². The van der Waals surface area contributed by atoms with E-state index in [2.05, 4.69) is 0 Å². The van der Waals surface area contributed by atoms with Crippen LogP contribution < -0.4 is 4.74 Å². The maximum Gasteiger partial charge on any atom is 0.150 e. The first-order chi connectivity index (χ1) is 9.77. The Balaban J connectivity index is 2.08. The number of hydrogen-bond acceptors (Lipinski definition) is 4. The van der Waals surface area contributed by atoms with Crippen LogP contribution in [-0.2, 0) is 0 Å². The van der Waals surface area contributed by atoms with E-state index < -0.39 is 0 Å². The summed E-state index contributed by atoms with van der Waals surface area (Å²) < 4.78 is 14.2. The lowest BCUT2D eigenvalue weighted by atomic mass is 10.1. The number of benzene rings is 1. The Morgan fingerprint density at radius 2 is 1.85 bits per heavy atom. The summed E-state index contributed by atoms with van der Waals surface area (Å²) >= 11 is 6.93. The molecule has 0 unspecified atom stereocenters. The van der Waals surface area contributed by atoms with Crippen LogP contribution in [0.25, 0.3) is 0 Å². The minimum atomic E-state index is 0.483. The normalized spacial score (nSPS) is 10.5. The first-order valence-corrected chi connectivity index (χ1v) is 8.24. The highest BCUT2D eigenvalue weighted by atomic mass is 35.5. The maximum absolute atomic E-state index is 10.6. The predicted molar refractivity (Wildman–Crippen MR) is 85.1 cm³/mol. The van der Waals surface area contributed by atoms with Gasteiger partial charge in [0, 0.05) is 11.3 Å². The number of unbranched alkanes of at least 4 members (excludes halogenated alkanes) is 5. The van der Waals surface area contributed by atoms with Gasteiger partial charge in [0.1, 0.15) is 12.0 Å². The Kier molecular flexibility index (Phi) is 9.54. The molecule has 0 spiro atoms. The van der Waals surface area contributed by atoms with Gasteiger partial charge < -0.3 is 9.29 Å². The Morgan fingerprint density at radius 1 is 1.15 bits per heavy atom. The molecule has 0 heterocycles. The van der Waals surface area contributed by atoms with Crippen molar-refractivity contribution < 1.29 is 14.1 Å². The summed E-state index contributed by atoms with van der Waals surface area (Å²) in [6, 6.07) is 5.05. The molecule has 1 aromatic rings. The number of ether oxygens (including phenoxy) is 1. The SMILES string of the molecule is O=Cc1ccc(OCCCCCCCCSO)c(Cl)c1. The number of rotatable bonds is 11. The largest absolute Gasteiger partial charge is 0.492 e. The van der Waals surface area contributed by atoms with E-state index in [1.165, 1.54) is 19.3 Å². The highest BCUT2D eigenvalue weighted by molar-refractivity contribution is 7.93. The summed E-state index contributed by atoms with van der Waals surface area (Å²) in [6.07, 6.45) is 7.55. The molecule has 0 aromatic heterocycles. The quantitative estimate of drug-likeness (QED) is 0.351. The summed E-state index contributed by atoms with van der Waals surface area (Å²) in [5.74, 6) is 1.47.